The van der Waals surface area contributed by atoms with Crippen LogP contribution in [-0.4, -0.2) is 68.9 Å². The van der Waals surface area contributed by atoms with Crippen LogP contribution < -0.4 is 4.90 Å². The first-order valence-electron chi connectivity index (χ1n) is 9.88. The van der Waals surface area contributed by atoms with Gasteiger partial charge >= 0.3 is 0 Å². The SMILES string of the molecule is CS(=O)(=O)OCCN(CCBr)c1ccc([N+](=O)[O-])cc1S(=O)(=O)N1CCc2ccncc2C1. The molecule has 3 rings (SSSR count). The minimum absolute atomic E-state index is 0.0613. The number of anilines is 1. The van der Waals surface area contributed by atoms with Crippen LogP contribution in [0.3, 0.4) is 0 Å². The van der Waals surface area contributed by atoms with E-state index in [1.54, 1.807) is 17.3 Å². The van der Waals surface area contributed by atoms with Crippen molar-refractivity contribution in [2.24, 2.45) is 0 Å². The summed E-state index contributed by atoms with van der Waals surface area (Å²) >= 11 is 3.31. The maximum atomic E-state index is 13.7. The van der Waals surface area contributed by atoms with Crippen LogP contribution in [0.5, 0.6) is 0 Å². The lowest BCUT2D eigenvalue weighted by atomic mass is 10.0. The van der Waals surface area contributed by atoms with Gasteiger partial charge in [0.1, 0.15) is 4.90 Å². The molecule has 11 nitrogen and oxygen atoms in total. The van der Waals surface area contributed by atoms with Crippen molar-refractivity contribution in [2.45, 2.75) is 17.9 Å². The number of pyridine rings is 1. The quantitative estimate of drug-likeness (QED) is 0.184. The summed E-state index contributed by atoms with van der Waals surface area (Å²) < 4.78 is 56.0. The van der Waals surface area contributed by atoms with Gasteiger partial charge in [-0.2, -0.15) is 12.7 Å². The van der Waals surface area contributed by atoms with Crippen molar-refractivity contribution in [3.8, 4) is 0 Å². The van der Waals surface area contributed by atoms with Crippen molar-refractivity contribution in [2.75, 3.05) is 42.7 Å². The maximum absolute atomic E-state index is 13.7. The highest BCUT2D eigenvalue weighted by molar-refractivity contribution is 9.09. The second-order valence-electron chi connectivity index (χ2n) is 7.34. The third-order valence-corrected chi connectivity index (χ3v) is 7.93. The number of benzene rings is 1. The monoisotopic (exact) mass is 562 g/mol. The third-order valence-electron chi connectivity index (χ3n) is 5.11. The number of alkyl halides is 1. The molecular weight excluding hydrogens is 540 g/mol. The van der Waals surface area contributed by atoms with E-state index in [0.717, 1.165) is 23.4 Å². The summed E-state index contributed by atoms with van der Waals surface area (Å²) in [4.78, 5) is 16.2. The molecule has 1 aromatic heterocycles. The van der Waals surface area contributed by atoms with E-state index in [0.29, 0.717) is 18.3 Å². The van der Waals surface area contributed by atoms with Gasteiger partial charge in [0.2, 0.25) is 10.0 Å². The Morgan fingerprint density at radius 2 is 1.97 bits per heavy atom. The number of hydrogen-bond donors (Lipinski definition) is 0. The lowest BCUT2D eigenvalue weighted by Gasteiger charge is -2.31. The first-order chi connectivity index (χ1) is 15.5. The van der Waals surface area contributed by atoms with Gasteiger partial charge in [0.25, 0.3) is 15.8 Å². The summed E-state index contributed by atoms with van der Waals surface area (Å²) in [7, 11) is -7.80. The Morgan fingerprint density at radius 1 is 1.21 bits per heavy atom. The van der Waals surface area contributed by atoms with Gasteiger partial charge in [-0.1, -0.05) is 15.9 Å². The van der Waals surface area contributed by atoms with Crippen LogP contribution in [0.15, 0.2) is 41.6 Å². The van der Waals surface area contributed by atoms with Crippen LogP contribution in [0.4, 0.5) is 11.4 Å². The zero-order valence-electron chi connectivity index (χ0n) is 17.8. The molecule has 0 spiro atoms. The number of halogens is 1. The van der Waals surface area contributed by atoms with E-state index >= 15 is 0 Å². The van der Waals surface area contributed by atoms with E-state index in [4.69, 9.17) is 4.18 Å². The number of non-ortho nitro benzene ring substituents is 1. The largest absolute Gasteiger partial charge is 0.367 e. The number of nitro benzene ring substituents is 1. The molecule has 1 aromatic carbocycles. The lowest BCUT2D eigenvalue weighted by molar-refractivity contribution is -0.385. The lowest BCUT2D eigenvalue weighted by Crippen LogP contribution is -2.38. The Labute approximate surface area is 200 Å². The number of sulfonamides is 1. The fourth-order valence-electron chi connectivity index (χ4n) is 3.54. The molecule has 2 heterocycles. The number of nitrogens with zero attached hydrogens (tertiary/aromatic N) is 4. The van der Waals surface area contributed by atoms with Crippen LogP contribution in [-0.2, 0) is 37.3 Å². The fourth-order valence-corrected chi connectivity index (χ4v) is 5.99. The zero-order chi connectivity index (χ0) is 24.2. The molecule has 14 heteroatoms. The maximum Gasteiger partial charge on any atom is 0.270 e. The molecule has 0 atom stereocenters. The second kappa shape index (κ2) is 10.4. The topological polar surface area (TPSA) is 140 Å². The Balaban J connectivity index is 2.01. The fraction of sp³-hybridized carbons (Fsp3) is 0.421. The van der Waals surface area contributed by atoms with Crippen molar-refractivity contribution in [3.63, 3.8) is 0 Å². The van der Waals surface area contributed by atoms with Crippen LogP contribution in [0.25, 0.3) is 0 Å². The normalized spacial score (nSPS) is 14.6. The Bertz CT molecular complexity index is 1240. The number of nitro groups is 1. The van der Waals surface area contributed by atoms with Gasteiger partial charge in [-0.05, 0) is 29.7 Å². The first-order valence-corrected chi connectivity index (χ1v) is 14.3. The van der Waals surface area contributed by atoms with E-state index in [1.165, 1.54) is 16.4 Å². The molecule has 0 unspecified atom stereocenters. The zero-order valence-corrected chi connectivity index (χ0v) is 21.0. The molecule has 180 valence electrons. The first kappa shape index (κ1) is 25.5. The summed E-state index contributed by atoms with van der Waals surface area (Å²) in [6.07, 6.45) is 4.69. The third kappa shape index (κ3) is 6.26. The minimum atomic E-state index is -4.12. The molecule has 0 amide bonds. The number of aromatic nitrogens is 1. The molecule has 0 saturated carbocycles. The van der Waals surface area contributed by atoms with Crippen molar-refractivity contribution >= 4 is 47.4 Å². The van der Waals surface area contributed by atoms with Crippen LogP contribution in [0.1, 0.15) is 11.1 Å². The molecule has 1 aliphatic heterocycles. The highest BCUT2D eigenvalue weighted by Crippen LogP contribution is 2.34. The van der Waals surface area contributed by atoms with Crippen molar-refractivity contribution in [1.82, 2.24) is 9.29 Å². The molecule has 0 N–H and O–H groups in total. The van der Waals surface area contributed by atoms with Gasteiger partial charge in [-0.3, -0.25) is 19.3 Å². The number of fused-ring (bicyclic) bond motifs is 1. The number of rotatable bonds is 10. The molecule has 2 aromatic rings. The Kier molecular flexibility index (Phi) is 8.05. The molecule has 0 bridgehead atoms. The van der Waals surface area contributed by atoms with Gasteiger partial charge in [0.15, 0.2) is 0 Å². The smallest absolute Gasteiger partial charge is 0.270 e. The summed E-state index contributed by atoms with van der Waals surface area (Å²) in [5.74, 6) is 0. The van der Waals surface area contributed by atoms with Crippen LogP contribution >= 0.6 is 15.9 Å². The van der Waals surface area contributed by atoms with E-state index in [-0.39, 0.29) is 42.5 Å². The highest BCUT2D eigenvalue weighted by atomic mass is 79.9. The average molecular weight is 563 g/mol. The molecular formula is C19H23BrN4O7S2. The summed E-state index contributed by atoms with van der Waals surface area (Å²) in [5.41, 5.74) is 1.66. The Hall–Kier alpha value is -2.13. The van der Waals surface area contributed by atoms with Gasteiger partial charge in [0.05, 0.1) is 23.5 Å². The van der Waals surface area contributed by atoms with E-state index in [1.807, 2.05) is 6.07 Å². The molecule has 0 aliphatic carbocycles. The van der Waals surface area contributed by atoms with E-state index in [9.17, 15) is 26.9 Å². The van der Waals surface area contributed by atoms with Gasteiger partial charge in [-0.15, -0.1) is 0 Å². The number of hydrogen-bond acceptors (Lipinski definition) is 9. The highest BCUT2D eigenvalue weighted by Gasteiger charge is 2.33. The standard InChI is InChI=1S/C19H23BrN4O7S2/c1-32(27,28)31-11-10-22(9-6-20)18-3-2-17(24(25)26)12-19(18)33(29,30)23-8-5-15-4-7-21-13-16(15)14-23/h2-4,7,12-13H,5-6,8-11,14H2,1H3. The molecule has 0 fully saturated rings. The molecule has 33 heavy (non-hydrogen) atoms. The average Bonchev–Trinajstić information content (AvgIpc) is 2.77. The van der Waals surface area contributed by atoms with Crippen LogP contribution in [0.2, 0.25) is 0 Å². The summed E-state index contributed by atoms with van der Waals surface area (Å²) in [6.45, 7) is 0.497. The van der Waals surface area contributed by atoms with Crippen molar-refractivity contribution < 1.29 is 25.9 Å². The van der Waals surface area contributed by atoms with Gasteiger partial charge in [-0.25, -0.2) is 8.42 Å². The van der Waals surface area contributed by atoms with Gasteiger partial charge in [0, 0.05) is 56.0 Å². The van der Waals surface area contributed by atoms with Crippen LogP contribution in [0, 0.1) is 10.1 Å². The van der Waals surface area contributed by atoms with Gasteiger partial charge < -0.3 is 4.90 Å². The predicted octanol–water partition coefficient (Wildman–Crippen LogP) is 1.91. The van der Waals surface area contributed by atoms with Crippen molar-refractivity contribution in [3.05, 3.63) is 57.9 Å². The molecule has 0 saturated heterocycles. The summed E-state index contributed by atoms with van der Waals surface area (Å²) in [6, 6.07) is 5.48. The van der Waals surface area contributed by atoms with E-state index < -0.39 is 25.1 Å². The molecule has 1 aliphatic rings. The molecule has 0 radical (unpaired) electrons. The second-order valence-corrected chi connectivity index (χ2v) is 11.7. The summed E-state index contributed by atoms with van der Waals surface area (Å²) in [5, 5.41) is 11.8. The predicted molar refractivity (Wildman–Crippen MR) is 125 cm³/mol. The minimum Gasteiger partial charge on any atom is -0.367 e. The van der Waals surface area contributed by atoms with E-state index in [2.05, 4.69) is 20.9 Å². The van der Waals surface area contributed by atoms with Crippen molar-refractivity contribution in [1.29, 1.82) is 0 Å². The Morgan fingerprint density at radius 3 is 2.64 bits per heavy atom.